The summed E-state index contributed by atoms with van der Waals surface area (Å²) in [7, 11) is 0. The summed E-state index contributed by atoms with van der Waals surface area (Å²) in [5.41, 5.74) is 2.94. The molecule has 0 amide bonds. The summed E-state index contributed by atoms with van der Waals surface area (Å²) in [6.07, 6.45) is -0.475. The van der Waals surface area contributed by atoms with Crippen molar-refractivity contribution in [1.29, 1.82) is 0 Å². The Hall–Kier alpha value is -2.51. The summed E-state index contributed by atoms with van der Waals surface area (Å²) in [6.45, 7) is 6.32. The summed E-state index contributed by atoms with van der Waals surface area (Å²) in [5, 5.41) is 18.5. The van der Waals surface area contributed by atoms with Crippen LogP contribution in [0.4, 0.5) is 5.95 Å². The predicted octanol–water partition coefficient (Wildman–Crippen LogP) is 3.42. The molecule has 1 aromatic carbocycles. The zero-order valence-corrected chi connectivity index (χ0v) is 15.1. The number of thiophene rings is 1. The van der Waals surface area contributed by atoms with Crippen molar-refractivity contribution in [2.45, 2.75) is 26.9 Å². The Balaban J connectivity index is 1.98. The molecule has 0 saturated heterocycles. The SMILES string of the molecule is Cc1sc2nc(NC[C@@H](C)O)n3nc(-c4ccccc4)nc3c2c1C. The molecule has 0 fully saturated rings. The lowest BCUT2D eigenvalue weighted by Crippen LogP contribution is -2.18. The molecule has 4 aromatic rings. The number of benzene rings is 1. The fourth-order valence-electron chi connectivity index (χ4n) is 2.78. The highest BCUT2D eigenvalue weighted by Gasteiger charge is 2.18. The van der Waals surface area contributed by atoms with Crippen molar-refractivity contribution in [2.24, 2.45) is 0 Å². The van der Waals surface area contributed by atoms with Crippen LogP contribution in [-0.2, 0) is 0 Å². The summed E-state index contributed by atoms with van der Waals surface area (Å²) in [6, 6.07) is 9.91. The first-order chi connectivity index (χ1) is 12.0. The van der Waals surface area contributed by atoms with Crippen LogP contribution >= 0.6 is 11.3 Å². The number of aliphatic hydroxyl groups excluding tert-OH is 1. The second-order valence-electron chi connectivity index (χ2n) is 6.17. The van der Waals surface area contributed by atoms with Gasteiger partial charge in [0.05, 0.1) is 11.5 Å². The number of hydrogen-bond acceptors (Lipinski definition) is 6. The van der Waals surface area contributed by atoms with Gasteiger partial charge >= 0.3 is 0 Å². The molecule has 0 saturated carbocycles. The molecule has 3 aromatic heterocycles. The molecule has 7 heteroatoms. The molecule has 0 radical (unpaired) electrons. The number of anilines is 1. The lowest BCUT2D eigenvalue weighted by molar-refractivity contribution is 0.208. The van der Waals surface area contributed by atoms with E-state index in [1.54, 1.807) is 22.8 Å². The molecular formula is C18H19N5OS. The first kappa shape index (κ1) is 16.0. The van der Waals surface area contributed by atoms with Gasteiger partial charge in [-0.1, -0.05) is 30.3 Å². The van der Waals surface area contributed by atoms with Gasteiger partial charge in [-0.2, -0.15) is 4.52 Å². The molecule has 3 heterocycles. The predicted molar refractivity (Wildman–Crippen MR) is 101 cm³/mol. The maximum atomic E-state index is 9.60. The van der Waals surface area contributed by atoms with Crippen molar-refractivity contribution in [3.63, 3.8) is 0 Å². The average molecular weight is 353 g/mol. The molecule has 25 heavy (non-hydrogen) atoms. The third-order valence-electron chi connectivity index (χ3n) is 4.19. The van der Waals surface area contributed by atoms with Crippen LogP contribution in [0, 0.1) is 13.8 Å². The Morgan fingerprint density at radius 2 is 1.96 bits per heavy atom. The molecule has 6 nitrogen and oxygen atoms in total. The van der Waals surface area contributed by atoms with Crippen LogP contribution in [0.3, 0.4) is 0 Å². The minimum absolute atomic E-state index is 0.400. The third kappa shape index (κ3) is 2.75. The third-order valence-corrected chi connectivity index (χ3v) is 5.29. The quantitative estimate of drug-likeness (QED) is 0.588. The molecule has 2 N–H and O–H groups in total. The standard InChI is InChI=1S/C18H19N5OS/c1-10(24)9-19-18-21-17-14(11(2)12(3)25-17)16-20-15(22-23(16)18)13-7-5-4-6-8-13/h4-8,10,24H,9H2,1-3H3,(H,19,21)/t10-/m1/s1. The van der Waals surface area contributed by atoms with Gasteiger partial charge in [-0.15, -0.1) is 16.4 Å². The fraction of sp³-hybridized carbons (Fsp3) is 0.278. The average Bonchev–Trinajstić information content (AvgIpc) is 3.15. The first-order valence-electron chi connectivity index (χ1n) is 8.18. The fourth-order valence-corrected chi connectivity index (χ4v) is 3.80. The topological polar surface area (TPSA) is 75.3 Å². The van der Waals surface area contributed by atoms with Crippen molar-refractivity contribution >= 4 is 33.1 Å². The van der Waals surface area contributed by atoms with Crippen molar-refractivity contribution in [1.82, 2.24) is 19.6 Å². The Kier molecular flexibility index (Phi) is 3.89. The number of aryl methyl sites for hydroxylation is 2. The van der Waals surface area contributed by atoms with Gasteiger partial charge in [-0.3, -0.25) is 0 Å². The normalized spacial score (nSPS) is 12.8. The summed E-state index contributed by atoms with van der Waals surface area (Å²) in [4.78, 5) is 11.7. The van der Waals surface area contributed by atoms with Crippen LogP contribution in [-0.4, -0.2) is 37.3 Å². The maximum absolute atomic E-state index is 9.60. The number of fused-ring (bicyclic) bond motifs is 3. The van der Waals surface area contributed by atoms with Crippen LogP contribution < -0.4 is 5.32 Å². The molecule has 128 valence electrons. The molecule has 0 spiro atoms. The highest BCUT2D eigenvalue weighted by atomic mass is 32.1. The van der Waals surface area contributed by atoms with Crippen LogP contribution in [0.1, 0.15) is 17.4 Å². The van der Waals surface area contributed by atoms with Crippen molar-refractivity contribution < 1.29 is 5.11 Å². The Labute approximate surface area is 149 Å². The van der Waals surface area contributed by atoms with Gasteiger partial charge < -0.3 is 10.4 Å². The molecular weight excluding hydrogens is 334 g/mol. The number of rotatable bonds is 4. The largest absolute Gasteiger partial charge is 0.392 e. The highest BCUT2D eigenvalue weighted by Crippen LogP contribution is 2.33. The number of aliphatic hydroxyl groups is 1. The molecule has 0 aliphatic carbocycles. The van der Waals surface area contributed by atoms with Crippen molar-refractivity contribution in [3.8, 4) is 11.4 Å². The van der Waals surface area contributed by atoms with E-state index in [0.29, 0.717) is 18.3 Å². The summed E-state index contributed by atoms with van der Waals surface area (Å²) < 4.78 is 1.74. The van der Waals surface area contributed by atoms with Crippen LogP contribution in [0.15, 0.2) is 30.3 Å². The van der Waals surface area contributed by atoms with Crippen molar-refractivity contribution in [3.05, 3.63) is 40.8 Å². The first-order valence-corrected chi connectivity index (χ1v) is 9.00. The molecule has 0 bridgehead atoms. The van der Waals surface area contributed by atoms with Gasteiger partial charge in [0.1, 0.15) is 4.83 Å². The minimum atomic E-state index is -0.475. The van der Waals surface area contributed by atoms with E-state index in [1.807, 2.05) is 30.3 Å². The number of aromatic nitrogens is 4. The van der Waals surface area contributed by atoms with E-state index in [-0.39, 0.29) is 0 Å². The van der Waals surface area contributed by atoms with Gasteiger partial charge in [-0.25, -0.2) is 9.97 Å². The van der Waals surface area contributed by atoms with Gasteiger partial charge in [-0.05, 0) is 26.3 Å². The Morgan fingerprint density at radius 3 is 2.68 bits per heavy atom. The minimum Gasteiger partial charge on any atom is -0.392 e. The van der Waals surface area contributed by atoms with E-state index in [2.05, 4.69) is 24.3 Å². The molecule has 0 aliphatic rings. The number of nitrogens with one attached hydrogen (secondary N) is 1. The van der Waals surface area contributed by atoms with Gasteiger partial charge in [0.2, 0.25) is 5.95 Å². The second kappa shape index (κ2) is 6.09. The van der Waals surface area contributed by atoms with E-state index in [1.165, 1.54) is 10.4 Å². The summed E-state index contributed by atoms with van der Waals surface area (Å²) in [5.74, 6) is 1.26. The Morgan fingerprint density at radius 1 is 1.20 bits per heavy atom. The van der Waals surface area contributed by atoms with E-state index in [0.717, 1.165) is 21.4 Å². The van der Waals surface area contributed by atoms with Crippen LogP contribution in [0.2, 0.25) is 0 Å². The Bertz CT molecular complexity index is 1050. The molecule has 0 unspecified atom stereocenters. The maximum Gasteiger partial charge on any atom is 0.227 e. The molecule has 0 aliphatic heterocycles. The molecule has 4 rings (SSSR count). The number of hydrogen-bond donors (Lipinski definition) is 2. The van der Waals surface area contributed by atoms with Crippen molar-refractivity contribution in [2.75, 3.05) is 11.9 Å². The summed E-state index contributed by atoms with van der Waals surface area (Å²) >= 11 is 1.65. The van der Waals surface area contributed by atoms with E-state index in [4.69, 9.17) is 9.97 Å². The van der Waals surface area contributed by atoms with Gasteiger partial charge in [0.25, 0.3) is 0 Å². The lowest BCUT2D eigenvalue weighted by atomic mass is 10.2. The van der Waals surface area contributed by atoms with Crippen LogP contribution in [0.25, 0.3) is 27.3 Å². The monoisotopic (exact) mass is 353 g/mol. The number of nitrogens with zero attached hydrogens (tertiary/aromatic N) is 4. The zero-order valence-electron chi connectivity index (χ0n) is 14.3. The second-order valence-corrected chi connectivity index (χ2v) is 7.37. The van der Waals surface area contributed by atoms with Gasteiger partial charge in [0, 0.05) is 17.0 Å². The smallest absolute Gasteiger partial charge is 0.227 e. The van der Waals surface area contributed by atoms with Crippen LogP contribution in [0.5, 0.6) is 0 Å². The molecule has 1 atom stereocenters. The highest BCUT2D eigenvalue weighted by molar-refractivity contribution is 7.18. The van der Waals surface area contributed by atoms with Gasteiger partial charge in [0.15, 0.2) is 11.5 Å². The van der Waals surface area contributed by atoms with E-state index in [9.17, 15) is 5.11 Å². The van der Waals surface area contributed by atoms with E-state index >= 15 is 0 Å². The lowest BCUT2D eigenvalue weighted by Gasteiger charge is -2.09. The van der Waals surface area contributed by atoms with E-state index < -0.39 is 6.10 Å². The zero-order chi connectivity index (χ0) is 17.6.